The number of hydrogen-bond donors (Lipinski definition) is 0. The largest absolute Gasteiger partial charge is 0.339 e. The normalized spacial score (nSPS) is 19.5. The highest BCUT2D eigenvalue weighted by molar-refractivity contribution is 7.10. The van der Waals surface area contributed by atoms with Crippen LogP contribution in [0.2, 0.25) is 0 Å². The van der Waals surface area contributed by atoms with Crippen LogP contribution in [0.1, 0.15) is 68.0 Å². The highest BCUT2D eigenvalue weighted by Gasteiger charge is 2.31. The lowest BCUT2D eigenvalue weighted by Gasteiger charge is -2.38. The zero-order valence-electron chi connectivity index (χ0n) is 21.0. The van der Waals surface area contributed by atoms with Gasteiger partial charge in [0.05, 0.1) is 6.04 Å². The van der Waals surface area contributed by atoms with Gasteiger partial charge in [0.25, 0.3) is 0 Å². The summed E-state index contributed by atoms with van der Waals surface area (Å²) < 4.78 is 14.0. The van der Waals surface area contributed by atoms with Gasteiger partial charge in [0.2, 0.25) is 11.8 Å². The molecule has 2 aromatic rings. The lowest BCUT2D eigenvalue weighted by Crippen LogP contribution is -2.52. The molecule has 4 rings (SSSR count). The van der Waals surface area contributed by atoms with Crippen LogP contribution in [0.3, 0.4) is 0 Å². The third-order valence-electron chi connectivity index (χ3n) is 7.54. The lowest BCUT2D eigenvalue weighted by molar-refractivity contribution is -0.142. The molecule has 0 N–H and O–H groups in total. The zero-order chi connectivity index (χ0) is 24.8. The average Bonchev–Trinajstić information content (AvgIpc) is 3.36. The second-order valence-electron chi connectivity index (χ2n) is 9.75. The van der Waals surface area contributed by atoms with Gasteiger partial charge >= 0.3 is 0 Å². The summed E-state index contributed by atoms with van der Waals surface area (Å²) >= 11 is 1.76. The van der Waals surface area contributed by atoms with E-state index >= 15 is 0 Å². The van der Waals surface area contributed by atoms with Gasteiger partial charge in [-0.3, -0.25) is 14.5 Å². The molecule has 1 saturated heterocycles. The van der Waals surface area contributed by atoms with Crippen molar-refractivity contribution < 1.29 is 14.0 Å². The third-order valence-corrected chi connectivity index (χ3v) is 8.53. The molecule has 0 unspecified atom stereocenters. The molecule has 7 heteroatoms. The molecule has 1 fully saturated rings. The van der Waals surface area contributed by atoms with Crippen molar-refractivity contribution in [3.05, 3.63) is 57.5 Å². The topological polar surface area (TPSA) is 43.9 Å². The van der Waals surface area contributed by atoms with Crippen molar-refractivity contribution in [1.82, 2.24) is 14.7 Å². The van der Waals surface area contributed by atoms with Crippen LogP contribution in [0, 0.1) is 11.7 Å². The fourth-order valence-corrected chi connectivity index (χ4v) is 6.36. The minimum absolute atomic E-state index is 0.0166. The van der Waals surface area contributed by atoms with Gasteiger partial charge in [0.15, 0.2) is 0 Å². The highest BCUT2D eigenvalue weighted by atomic mass is 32.1. The maximum atomic E-state index is 14.0. The molecule has 3 heterocycles. The number of halogens is 1. The van der Waals surface area contributed by atoms with Crippen molar-refractivity contribution in [1.29, 1.82) is 0 Å². The number of unbranched alkanes of at least 4 members (excludes halogenated alkanes) is 1. The van der Waals surface area contributed by atoms with Gasteiger partial charge in [-0.1, -0.05) is 38.8 Å². The highest BCUT2D eigenvalue weighted by Crippen LogP contribution is 2.38. The monoisotopic (exact) mass is 499 g/mol. The SMILES string of the molecule is CCCC[C@@H](CC)C(=O)N1CCN(C(=O)CCN2CCc3sccc3[C@@H]2c2cccc(F)c2)CC1. The molecule has 0 saturated carbocycles. The first-order chi connectivity index (χ1) is 17.0. The fourth-order valence-electron chi connectivity index (χ4n) is 5.46. The Hall–Kier alpha value is -2.25. The summed E-state index contributed by atoms with van der Waals surface area (Å²) in [5.74, 6) is 0.279. The van der Waals surface area contributed by atoms with Crippen LogP contribution in [0.15, 0.2) is 35.7 Å². The molecule has 5 nitrogen and oxygen atoms in total. The minimum atomic E-state index is -0.228. The Bertz CT molecular complexity index is 1000. The van der Waals surface area contributed by atoms with E-state index in [0.717, 1.165) is 44.2 Å². The Morgan fingerprint density at radius 3 is 2.57 bits per heavy atom. The minimum Gasteiger partial charge on any atom is -0.339 e. The number of amides is 2. The molecule has 2 atom stereocenters. The number of piperazine rings is 1. The number of fused-ring (bicyclic) bond motifs is 1. The third kappa shape index (κ3) is 6.12. The average molecular weight is 500 g/mol. The van der Waals surface area contributed by atoms with E-state index in [0.29, 0.717) is 39.1 Å². The van der Waals surface area contributed by atoms with Gasteiger partial charge in [-0.25, -0.2) is 4.39 Å². The molecule has 2 amide bonds. The van der Waals surface area contributed by atoms with Gasteiger partial charge in [0, 0.05) is 56.5 Å². The molecule has 2 aliphatic heterocycles. The number of benzene rings is 1. The number of hydrogen-bond acceptors (Lipinski definition) is 4. The van der Waals surface area contributed by atoms with Crippen LogP contribution in [0.4, 0.5) is 4.39 Å². The Labute approximate surface area is 212 Å². The Balaban J connectivity index is 1.33. The van der Waals surface area contributed by atoms with Crippen LogP contribution in [-0.4, -0.2) is 65.8 Å². The Morgan fingerprint density at radius 2 is 1.86 bits per heavy atom. The van der Waals surface area contributed by atoms with Crippen molar-refractivity contribution in [2.24, 2.45) is 5.92 Å². The molecule has 0 bridgehead atoms. The molecule has 35 heavy (non-hydrogen) atoms. The summed E-state index contributed by atoms with van der Waals surface area (Å²) in [6.07, 6.45) is 5.43. The first-order valence-electron chi connectivity index (χ1n) is 13.1. The van der Waals surface area contributed by atoms with Crippen LogP contribution in [0.5, 0.6) is 0 Å². The summed E-state index contributed by atoms with van der Waals surface area (Å²) in [6.45, 7) is 8.22. The van der Waals surface area contributed by atoms with Crippen LogP contribution in [0.25, 0.3) is 0 Å². The summed E-state index contributed by atoms with van der Waals surface area (Å²) in [4.78, 5) is 33.5. The second-order valence-corrected chi connectivity index (χ2v) is 10.7. The quantitative estimate of drug-likeness (QED) is 0.482. The van der Waals surface area contributed by atoms with Crippen molar-refractivity contribution in [2.45, 2.75) is 58.4 Å². The van der Waals surface area contributed by atoms with E-state index in [1.807, 2.05) is 15.9 Å². The van der Waals surface area contributed by atoms with E-state index in [9.17, 15) is 14.0 Å². The van der Waals surface area contributed by atoms with Gasteiger partial charge in [-0.05, 0) is 54.0 Å². The molecule has 0 spiro atoms. The first kappa shape index (κ1) is 25.8. The molecular weight excluding hydrogens is 461 g/mol. The van der Waals surface area contributed by atoms with E-state index in [1.165, 1.54) is 16.5 Å². The van der Waals surface area contributed by atoms with Crippen LogP contribution in [-0.2, 0) is 16.0 Å². The Kier molecular flexibility index (Phi) is 8.95. The maximum Gasteiger partial charge on any atom is 0.225 e. The maximum absolute atomic E-state index is 14.0. The van der Waals surface area contributed by atoms with E-state index in [2.05, 4.69) is 30.2 Å². The number of rotatable bonds is 9. The van der Waals surface area contributed by atoms with Gasteiger partial charge in [-0.2, -0.15) is 0 Å². The first-order valence-corrected chi connectivity index (χ1v) is 14.0. The van der Waals surface area contributed by atoms with Gasteiger partial charge in [0.1, 0.15) is 5.82 Å². The molecule has 0 aliphatic carbocycles. The van der Waals surface area contributed by atoms with E-state index < -0.39 is 0 Å². The second kappa shape index (κ2) is 12.1. The number of carbonyl (C=O) groups is 2. The molecule has 0 radical (unpaired) electrons. The van der Waals surface area contributed by atoms with Crippen molar-refractivity contribution in [2.75, 3.05) is 39.3 Å². The van der Waals surface area contributed by atoms with Crippen LogP contribution < -0.4 is 0 Å². The molecule has 190 valence electrons. The van der Waals surface area contributed by atoms with E-state index in [1.54, 1.807) is 23.5 Å². The van der Waals surface area contributed by atoms with Gasteiger partial charge in [-0.15, -0.1) is 11.3 Å². The number of nitrogens with zero attached hydrogens (tertiary/aromatic N) is 3. The molecule has 1 aromatic carbocycles. The van der Waals surface area contributed by atoms with Gasteiger partial charge < -0.3 is 9.80 Å². The van der Waals surface area contributed by atoms with Crippen molar-refractivity contribution >= 4 is 23.2 Å². The lowest BCUT2D eigenvalue weighted by atomic mass is 9.93. The number of thiophene rings is 1. The molecule has 2 aliphatic rings. The van der Waals surface area contributed by atoms with Crippen molar-refractivity contribution in [3.63, 3.8) is 0 Å². The van der Waals surface area contributed by atoms with E-state index in [4.69, 9.17) is 0 Å². The summed E-state index contributed by atoms with van der Waals surface area (Å²) in [5, 5.41) is 2.11. The van der Waals surface area contributed by atoms with Crippen LogP contribution >= 0.6 is 11.3 Å². The fraction of sp³-hybridized carbons (Fsp3) is 0.571. The Morgan fingerprint density at radius 1 is 1.09 bits per heavy atom. The number of carbonyl (C=O) groups excluding carboxylic acids is 2. The predicted octanol–water partition coefficient (Wildman–Crippen LogP) is 5.11. The molecule has 1 aromatic heterocycles. The summed E-state index contributed by atoms with van der Waals surface area (Å²) in [6, 6.07) is 8.97. The van der Waals surface area contributed by atoms with E-state index in [-0.39, 0.29) is 29.6 Å². The summed E-state index contributed by atoms with van der Waals surface area (Å²) in [7, 11) is 0. The summed E-state index contributed by atoms with van der Waals surface area (Å²) in [5.41, 5.74) is 2.18. The standard InChI is InChI=1S/C28H38FN3O2S/c1-3-5-7-21(4-2)28(34)32-17-15-30(16-18-32)26(33)11-14-31-13-10-25-24(12-19-35-25)27(31)22-8-6-9-23(29)20-22/h6,8-9,12,19-21,27H,3-5,7,10-11,13-18H2,1-2H3/t21-,27+/m1/s1. The smallest absolute Gasteiger partial charge is 0.225 e. The predicted molar refractivity (Wildman–Crippen MR) is 139 cm³/mol. The molecular formula is C28H38FN3O2S. The zero-order valence-corrected chi connectivity index (χ0v) is 21.9. The van der Waals surface area contributed by atoms with Crippen molar-refractivity contribution in [3.8, 4) is 0 Å².